The van der Waals surface area contributed by atoms with Gasteiger partial charge in [0.2, 0.25) is 18.9 Å². The van der Waals surface area contributed by atoms with Gasteiger partial charge in [-0.3, -0.25) is 14.8 Å². The number of hydrogen-bond acceptors (Lipinski definition) is 9. The molecule has 0 aliphatic carbocycles. The Kier molecular flexibility index (Phi) is 9.09. The Morgan fingerprint density at radius 3 is 2.00 bits per heavy atom. The van der Waals surface area contributed by atoms with Crippen molar-refractivity contribution in [2.45, 2.75) is 61.0 Å². The van der Waals surface area contributed by atoms with E-state index in [1.807, 2.05) is 24.7 Å². The third-order valence-corrected chi connectivity index (χ3v) is 13.0. The maximum Gasteiger partial charge on any atom is 0.210 e. The number of phenolic OH excluding ortho intramolecular Hbond substituents is 1. The number of pyridine rings is 1. The molecule has 0 amide bonds. The quantitative estimate of drug-likeness (QED) is 0.385. The number of benzene rings is 2. The molecule has 9 nitrogen and oxygen atoms in total. The normalized spacial score (nSPS) is 21.4. The number of aromatic hydroxyl groups is 1. The lowest BCUT2D eigenvalue weighted by Crippen LogP contribution is -2.56. The van der Waals surface area contributed by atoms with E-state index in [2.05, 4.69) is 31.5 Å². The number of anilines is 1. The van der Waals surface area contributed by atoms with Crippen LogP contribution in [0.1, 0.15) is 32.6 Å². The summed E-state index contributed by atoms with van der Waals surface area (Å²) in [6.45, 7) is 13.7. The molecule has 2 N–H and O–H groups in total. The molecule has 6 rings (SSSR count). The van der Waals surface area contributed by atoms with Crippen molar-refractivity contribution in [2.75, 3.05) is 63.8 Å². The van der Waals surface area contributed by atoms with Gasteiger partial charge in [0.05, 0.1) is 16.1 Å². The summed E-state index contributed by atoms with van der Waals surface area (Å²) in [5.74, 6) is 0.0205. The molecule has 232 valence electrons. The fraction of sp³-hybridized carbons (Fsp3) is 0.531. The Hall–Kier alpha value is -2.54. The fourth-order valence-corrected chi connectivity index (χ4v) is 9.45. The summed E-state index contributed by atoms with van der Waals surface area (Å²) < 4.78 is 27.9. The zero-order chi connectivity index (χ0) is 30.1. The van der Waals surface area contributed by atoms with Crippen molar-refractivity contribution in [1.82, 2.24) is 19.7 Å². The smallest absolute Gasteiger partial charge is 0.210 e. The average molecular weight is 624 g/mol. The second-order valence-electron chi connectivity index (χ2n) is 12.4. The van der Waals surface area contributed by atoms with E-state index in [9.17, 15) is 18.3 Å². The SMILES string of the molecule is CCN1CCC(N2CCN(C3CCN(c4c(S(=O)(=O)c5ccc(O)cc5)cnc5ccc([SiH](C)O)cc45)CC3)CC2)CC1. The van der Waals surface area contributed by atoms with Gasteiger partial charge in [0.25, 0.3) is 0 Å². The van der Waals surface area contributed by atoms with Crippen LogP contribution in [0.4, 0.5) is 5.69 Å². The predicted octanol–water partition coefficient (Wildman–Crippen LogP) is 2.40. The maximum absolute atomic E-state index is 14.0. The van der Waals surface area contributed by atoms with Gasteiger partial charge in [0.15, 0.2) is 0 Å². The number of sulfone groups is 1. The Morgan fingerprint density at radius 2 is 1.44 bits per heavy atom. The molecule has 2 aromatic carbocycles. The van der Waals surface area contributed by atoms with Crippen LogP contribution in [0.3, 0.4) is 0 Å². The van der Waals surface area contributed by atoms with Crippen molar-refractivity contribution >= 4 is 40.7 Å². The minimum atomic E-state index is -3.90. The molecule has 3 aliphatic rings. The van der Waals surface area contributed by atoms with Gasteiger partial charge in [-0.2, -0.15) is 0 Å². The van der Waals surface area contributed by atoms with Crippen molar-refractivity contribution in [3.05, 3.63) is 48.7 Å². The molecule has 4 heterocycles. The number of piperidine rings is 2. The van der Waals surface area contributed by atoms with E-state index in [0.717, 1.165) is 80.8 Å². The number of nitrogens with zero attached hydrogens (tertiary/aromatic N) is 5. The van der Waals surface area contributed by atoms with Crippen LogP contribution in [0.15, 0.2) is 58.5 Å². The van der Waals surface area contributed by atoms with Gasteiger partial charge >= 0.3 is 0 Å². The Balaban J connectivity index is 1.21. The van der Waals surface area contributed by atoms with Crippen LogP contribution in [0.2, 0.25) is 6.55 Å². The Bertz CT molecular complexity index is 1510. The van der Waals surface area contributed by atoms with E-state index >= 15 is 0 Å². The van der Waals surface area contributed by atoms with Crippen LogP contribution in [-0.2, 0) is 9.84 Å². The molecule has 1 aromatic heterocycles. The van der Waals surface area contributed by atoms with E-state index in [0.29, 0.717) is 11.7 Å². The van der Waals surface area contributed by atoms with Crippen LogP contribution >= 0.6 is 0 Å². The minimum absolute atomic E-state index is 0.0205. The van der Waals surface area contributed by atoms with Crippen LogP contribution in [0.5, 0.6) is 5.75 Å². The molecule has 0 radical (unpaired) electrons. The van der Waals surface area contributed by atoms with Crippen molar-refractivity contribution in [3.63, 3.8) is 0 Å². The molecule has 3 aliphatic heterocycles. The number of phenols is 1. The van der Waals surface area contributed by atoms with Crippen molar-refractivity contribution in [2.24, 2.45) is 0 Å². The lowest BCUT2D eigenvalue weighted by Gasteiger charge is -2.46. The lowest BCUT2D eigenvalue weighted by molar-refractivity contribution is 0.0384. The third-order valence-electron chi connectivity index (χ3n) is 9.92. The summed E-state index contributed by atoms with van der Waals surface area (Å²) in [4.78, 5) is 25.5. The minimum Gasteiger partial charge on any atom is -0.508 e. The first-order valence-electron chi connectivity index (χ1n) is 15.8. The summed E-state index contributed by atoms with van der Waals surface area (Å²) >= 11 is 0. The van der Waals surface area contributed by atoms with Crippen LogP contribution in [0.25, 0.3) is 10.9 Å². The first kappa shape index (κ1) is 30.5. The van der Waals surface area contributed by atoms with Crippen LogP contribution < -0.4 is 10.1 Å². The summed E-state index contributed by atoms with van der Waals surface area (Å²) in [7, 11) is -6.01. The fourth-order valence-electron chi connectivity index (χ4n) is 7.24. The van der Waals surface area contributed by atoms with Gasteiger partial charge < -0.3 is 19.7 Å². The zero-order valence-electron chi connectivity index (χ0n) is 25.4. The molecule has 3 saturated heterocycles. The standard InChI is InChI=1S/C32H45N5O4SSi/c1-3-34-14-10-24(11-15-34)35-18-20-36(21-19-35)25-12-16-37(17-13-25)32-29-22-28(43(2)41)8-9-30(29)33-23-31(32)42(39,40)27-6-4-26(38)5-7-27/h4-9,22-25,38,41,43H,3,10-21H2,1-2H3. The summed E-state index contributed by atoms with van der Waals surface area (Å²) in [5.41, 5.74) is 1.40. The third kappa shape index (κ3) is 6.34. The number of hydrogen-bond donors (Lipinski definition) is 2. The highest BCUT2D eigenvalue weighted by atomic mass is 32.2. The molecule has 1 unspecified atom stereocenters. The first-order chi connectivity index (χ1) is 20.7. The van der Waals surface area contributed by atoms with Gasteiger partial charge in [-0.05, 0) is 93.4 Å². The number of fused-ring (bicyclic) bond motifs is 1. The van der Waals surface area contributed by atoms with Gasteiger partial charge in [0, 0.05) is 62.9 Å². The predicted molar refractivity (Wildman–Crippen MR) is 174 cm³/mol. The summed E-state index contributed by atoms with van der Waals surface area (Å²) in [6, 6.07) is 12.6. The highest BCUT2D eigenvalue weighted by Gasteiger charge is 2.33. The van der Waals surface area contributed by atoms with Crippen LogP contribution in [0, 0.1) is 0 Å². The summed E-state index contributed by atoms with van der Waals surface area (Å²) in [6.07, 6.45) is 5.99. The monoisotopic (exact) mass is 623 g/mol. The Labute approximate surface area is 257 Å². The van der Waals surface area contributed by atoms with E-state index in [1.54, 1.807) is 0 Å². The van der Waals surface area contributed by atoms with Crippen molar-refractivity contribution < 1.29 is 18.3 Å². The second kappa shape index (κ2) is 12.8. The van der Waals surface area contributed by atoms with Gasteiger partial charge in [0.1, 0.15) is 10.6 Å². The van der Waals surface area contributed by atoms with E-state index in [4.69, 9.17) is 0 Å². The van der Waals surface area contributed by atoms with Crippen molar-refractivity contribution in [3.8, 4) is 5.75 Å². The highest BCUT2D eigenvalue weighted by Crippen LogP contribution is 2.37. The van der Waals surface area contributed by atoms with Gasteiger partial charge in [-0.1, -0.05) is 13.0 Å². The average Bonchev–Trinajstić information content (AvgIpc) is 3.04. The Morgan fingerprint density at radius 1 is 0.860 bits per heavy atom. The number of aromatic nitrogens is 1. The number of piperazine rings is 1. The molecule has 3 aromatic rings. The second-order valence-corrected chi connectivity index (χ2v) is 16.3. The van der Waals surface area contributed by atoms with Crippen molar-refractivity contribution in [1.29, 1.82) is 0 Å². The van der Waals surface area contributed by atoms with Crippen LogP contribution in [-0.4, -0.2) is 118 Å². The molecule has 43 heavy (non-hydrogen) atoms. The lowest BCUT2D eigenvalue weighted by atomic mass is 9.99. The maximum atomic E-state index is 14.0. The summed E-state index contributed by atoms with van der Waals surface area (Å²) in [5, 5.41) is 11.4. The van der Waals surface area contributed by atoms with E-state index in [-0.39, 0.29) is 15.5 Å². The molecule has 0 bridgehead atoms. The molecule has 3 fully saturated rings. The molecular formula is C32H45N5O4SSi. The molecule has 11 heteroatoms. The van der Waals surface area contributed by atoms with E-state index in [1.165, 1.54) is 56.4 Å². The molecule has 0 saturated carbocycles. The first-order valence-corrected chi connectivity index (χ1v) is 19.6. The highest BCUT2D eigenvalue weighted by molar-refractivity contribution is 7.91. The molecule has 0 spiro atoms. The van der Waals surface area contributed by atoms with E-state index < -0.39 is 18.9 Å². The largest absolute Gasteiger partial charge is 0.508 e. The number of rotatable bonds is 7. The van der Waals surface area contributed by atoms with Gasteiger partial charge in [-0.15, -0.1) is 0 Å². The van der Waals surface area contributed by atoms with Gasteiger partial charge in [-0.25, -0.2) is 8.42 Å². The zero-order valence-corrected chi connectivity index (χ0v) is 27.4. The molecular weight excluding hydrogens is 579 g/mol. The molecule has 1 atom stereocenters. The topological polar surface area (TPSA) is 100 Å². The number of likely N-dealkylation sites (tertiary alicyclic amines) is 1.